The maximum atomic E-state index is 2.83. The summed E-state index contributed by atoms with van der Waals surface area (Å²) in [5.74, 6) is 0. The maximum absolute atomic E-state index is 4.02. The second-order valence-corrected chi connectivity index (χ2v) is 39.4. The van der Waals surface area contributed by atoms with Crippen LogP contribution in [0.5, 0.6) is 0 Å². The van der Waals surface area contributed by atoms with Crippen LogP contribution in [-0.2, 0) is 18.0 Å². The predicted molar refractivity (Wildman–Crippen MR) is 183 cm³/mol. The molecule has 2 atom stereocenters. The summed E-state index contributed by atoms with van der Waals surface area (Å²) in [6, 6.07) is 32.0. The Bertz CT molecular complexity index is 1660. The minimum atomic E-state index is -4.02. The summed E-state index contributed by atoms with van der Waals surface area (Å²) in [6.07, 6.45) is 15.2. The van der Waals surface area contributed by atoms with Gasteiger partial charge in [-0.05, 0) is 0 Å². The molecule has 0 radical (unpaired) electrons. The first-order valence-electron chi connectivity index (χ1n) is 16.1. The third-order valence-electron chi connectivity index (χ3n) is 10.9. The summed E-state index contributed by atoms with van der Waals surface area (Å²) in [5, 5.41) is 0. The summed E-state index contributed by atoms with van der Waals surface area (Å²) in [6.45, 7) is 9.26. The molecule has 0 saturated heterocycles. The Kier molecular flexibility index (Phi) is 7.86. The van der Waals surface area contributed by atoms with Gasteiger partial charge in [0.05, 0.1) is 0 Å². The van der Waals surface area contributed by atoms with Crippen molar-refractivity contribution in [2.24, 2.45) is 0 Å². The van der Waals surface area contributed by atoms with Crippen molar-refractivity contribution in [3.05, 3.63) is 130 Å². The summed E-state index contributed by atoms with van der Waals surface area (Å²) in [7, 11) is 0. The van der Waals surface area contributed by atoms with E-state index in [9.17, 15) is 0 Å². The fourth-order valence-electron chi connectivity index (χ4n) is 8.59. The van der Waals surface area contributed by atoms with Crippen LogP contribution in [0.2, 0.25) is 9.36 Å². The molecular weight excluding hydrogens is 671 g/mol. The quantitative estimate of drug-likeness (QED) is 0.159. The topological polar surface area (TPSA) is 0 Å². The van der Waals surface area contributed by atoms with Gasteiger partial charge in [-0.3, -0.25) is 0 Å². The Balaban J connectivity index is 1.59. The predicted octanol–water partition coefficient (Wildman–Crippen LogP) is 12.0. The summed E-state index contributed by atoms with van der Waals surface area (Å²) >= 11 is -4.02. The van der Waals surface area contributed by atoms with E-state index in [0.717, 1.165) is 0 Å². The van der Waals surface area contributed by atoms with Gasteiger partial charge in [-0.25, -0.2) is 0 Å². The van der Waals surface area contributed by atoms with E-state index in [1.807, 2.05) is 3.26 Å². The Morgan fingerprint density at radius 1 is 0.548 bits per heavy atom. The molecular formula is C41H46Hf. The standard InChI is InChI=1S/2C16H13.C7H14.2CH3.Hf/c2*1-12-6-2-3-9-14(12)16-11-5-8-13-7-4-10-15(13)16;1-3-5-7-6-4-2;;;/h2*2-11H,1H3;3-6H2,1-2H3;2*1H3;. The van der Waals surface area contributed by atoms with Crippen LogP contribution >= 0.6 is 0 Å². The average Bonchev–Trinajstić information content (AvgIpc) is 3.64. The third-order valence-corrected chi connectivity index (χ3v) is 38.0. The van der Waals surface area contributed by atoms with Crippen molar-refractivity contribution in [1.82, 2.24) is 0 Å². The van der Waals surface area contributed by atoms with Crippen molar-refractivity contribution in [1.29, 1.82) is 0 Å². The van der Waals surface area contributed by atoms with Crippen molar-refractivity contribution in [2.45, 2.75) is 70.1 Å². The van der Waals surface area contributed by atoms with E-state index in [4.69, 9.17) is 0 Å². The second-order valence-electron chi connectivity index (χ2n) is 13.6. The number of allylic oxidation sites excluding steroid dienone is 2. The van der Waals surface area contributed by atoms with Gasteiger partial charge in [0, 0.05) is 0 Å². The number of aryl methyl sites for hydroxylation is 2. The molecule has 0 amide bonds. The second kappa shape index (κ2) is 11.3. The zero-order valence-corrected chi connectivity index (χ0v) is 30.0. The number of rotatable bonds is 8. The van der Waals surface area contributed by atoms with Crippen LogP contribution in [0, 0.1) is 13.8 Å². The number of hydrogen-bond donors (Lipinski definition) is 0. The zero-order chi connectivity index (χ0) is 29.5. The van der Waals surface area contributed by atoms with Gasteiger partial charge in [-0.2, -0.15) is 0 Å². The molecule has 0 bridgehead atoms. The van der Waals surface area contributed by atoms with Crippen molar-refractivity contribution in [3.63, 3.8) is 0 Å². The fraction of sp³-hybridized carbons (Fsp3) is 0.293. The van der Waals surface area contributed by atoms with Gasteiger partial charge in [-0.15, -0.1) is 0 Å². The third kappa shape index (κ3) is 4.55. The number of hydrogen-bond acceptors (Lipinski definition) is 0. The van der Waals surface area contributed by atoms with E-state index < -0.39 is 18.0 Å². The molecule has 4 aromatic carbocycles. The molecule has 0 aromatic heterocycles. The molecule has 214 valence electrons. The van der Waals surface area contributed by atoms with Gasteiger partial charge in [0.15, 0.2) is 0 Å². The molecule has 0 N–H and O–H groups in total. The normalized spacial score (nSPS) is 17.4. The Morgan fingerprint density at radius 2 is 0.952 bits per heavy atom. The first-order valence-corrected chi connectivity index (χ1v) is 29.2. The summed E-state index contributed by atoms with van der Waals surface area (Å²) in [4.78, 5) is 0. The van der Waals surface area contributed by atoms with E-state index in [1.165, 1.54) is 70.2 Å². The Labute approximate surface area is 254 Å². The Morgan fingerprint density at radius 3 is 1.36 bits per heavy atom. The van der Waals surface area contributed by atoms with Gasteiger partial charge < -0.3 is 0 Å². The van der Waals surface area contributed by atoms with Gasteiger partial charge >= 0.3 is 256 Å². The average molecular weight is 717 g/mol. The van der Waals surface area contributed by atoms with Gasteiger partial charge in [0.25, 0.3) is 0 Å². The molecule has 2 aliphatic rings. The van der Waals surface area contributed by atoms with Crippen molar-refractivity contribution >= 4 is 15.4 Å². The molecule has 0 saturated carbocycles. The Hall–Kier alpha value is -2.90. The zero-order valence-electron chi connectivity index (χ0n) is 26.4. The van der Waals surface area contributed by atoms with E-state index in [2.05, 4.69) is 146 Å². The molecule has 0 nitrogen and oxygen atoms in total. The molecule has 0 fully saturated rings. The van der Waals surface area contributed by atoms with E-state index in [-0.39, 0.29) is 0 Å². The van der Waals surface area contributed by atoms with Crippen LogP contribution in [-0.4, -0.2) is 3.26 Å². The molecule has 6 rings (SSSR count). The van der Waals surface area contributed by atoms with Crippen LogP contribution in [0.4, 0.5) is 0 Å². The molecule has 0 spiro atoms. The van der Waals surface area contributed by atoms with Crippen LogP contribution in [0.15, 0.2) is 97.1 Å². The van der Waals surface area contributed by atoms with Crippen molar-refractivity contribution in [3.8, 4) is 22.3 Å². The molecule has 1 heteroatoms. The molecule has 4 aromatic rings. The van der Waals surface area contributed by atoms with E-state index in [0.29, 0.717) is 7.35 Å². The summed E-state index contributed by atoms with van der Waals surface area (Å²) < 4.78 is 8.57. The van der Waals surface area contributed by atoms with Crippen LogP contribution in [0.25, 0.3) is 34.4 Å². The summed E-state index contributed by atoms with van der Waals surface area (Å²) in [5.41, 5.74) is 14.2. The van der Waals surface area contributed by atoms with Crippen LogP contribution in [0.1, 0.15) is 80.3 Å². The van der Waals surface area contributed by atoms with Gasteiger partial charge in [0.1, 0.15) is 0 Å². The van der Waals surface area contributed by atoms with Crippen LogP contribution < -0.4 is 0 Å². The molecule has 42 heavy (non-hydrogen) atoms. The molecule has 2 aliphatic carbocycles. The first-order chi connectivity index (χ1) is 20.3. The SMILES string of the molecule is CCC[C](CCC)=[Hf]([CH3])([CH3])([CH]1C=Cc2c(-c3ccccc3C)cccc21)[CH]1C=Cc2c(-c3ccccc3C)cccc21. The van der Waals surface area contributed by atoms with E-state index in [1.54, 1.807) is 11.1 Å². The molecule has 2 unspecified atom stereocenters. The van der Waals surface area contributed by atoms with Gasteiger partial charge in [-0.1, -0.05) is 0 Å². The number of fused-ring (bicyclic) bond motifs is 2. The number of benzene rings is 4. The van der Waals surface area contributed by atoms with Gasteiger partial charge in [0.2, 0.25) is 0 Å². The monoisotopic (exact) mass is 718 g/mol. The fourth-order valence-corrected chi connectivity index (χ4v) is 34.2. The van der Waals surface area contributed by atoms with E-state index >= 15 is 0 Å². The van der Waals surface area contributed by atoms with Crippen molar-refractivity contribution < 1.29 is 18.0 Å². The van der Waals surface area contributed by atoms with Crippen molar-refractivity contribution in [2.75, 3.05) is 0 Å². The molecule has 0 heterocycles. The van der Waals surface area contributed by atoms with Crippen LogP contribution in [0.3, 0.4) is 0 Å². The first kappa shape index (κ1) is 29.2. The molecule has 0 aliphatic heterocycles. The minimum absolute atomic E-state index is 0.497.